The molecule has 0 bridgehead atoms. The molecule has 1 unspecified atom stereocenters. The first-order chi connectivity index (χ1) is 10.5. The van der Waals surface area contributed by atoms with Gasteiger partial charge in [0.1, 0.15) is 24.7 Å². The van der Waals surface area contributed by atoms with Crippen LogP contribution in [0.5, 0.6) is 0 Å². The van der Waals surface area contributed by atoms with Gasteiger partial charge in [0.25, 0.3) is 0 Å². The predicted octanol–water partition coefficient (Wildman–Crippen LogP) is 2.23. The van der Waals surface area contributed by atoms with Crippen molar-refractivity contribution in [1.82, 2.24) is 5.32 Å². The van der Waals surface area contributed by atoms with Gasteiger partial charge in [-0.1, -0.05) is 18.2 Å². The first kappa shape index (κ1) is 18.7. The first-order valence-electron chi connectivity index (χ1n) is 6.87. The lowest BCUT2D eigenvalue weighted by Crippen LogP contribution is -2.41. The number of aliphatic carboxylic acids is 1. The third kappa shape index (κ3) is 7.09. The van der Waals surface area contributed by atoms with Crippen molar-refractivity contribution in [3.63, 3.8) is 0 Å². The molecule has 0 aliphatic rings. The maximum Gasteiger partial charge on any atom is 0.408 e. The van der Waals surface area contributed by atoms with Crippen LogP contribution >= 0.6 is 11.8 Å². The molecule has 2 N–H and O–H groups in total. The van der Waals surface area contributed by atoms with Crippen LogP contribution in [0.2, 0.25) is 0 Å². The highest BCUT2D eigenvalue weighted by atomic mass is 32.2. The van der Waals surface area contributed by atoms with Crippen molar-refractivity contribution in [2.45, 2.75) is 17.4 Å². The topological polar surface area (TPSA) is 75.6 Å². The summed E-state index contributed by atoms with van der Waals surface area (Å²) in [4.78, 5) is 23.9. The van der Waals surface area contributed by atoms with E-state index in [0.29, 0.717) is 12.2 Å². The Morgan fingerprint density at radius 3 is 2.64 bits per heavy atom. The van der Waals surface area contributed by atoms with Crippen molar-refractivity contribution in [2.24, 2.45) is 0 Å². The monoisotopic (exact) mass is 344 g/mol. The summed E-state index contributed by atoms with van der Waals surface area (Å²) in [6.07, 6.45) is 3.70. The number of alkyl carbamates (subject to hydrolysis) is 1. The number of amides is 1. The van der Waals surface area contributed by atoms with Gasteiger partial charge in [0, 0.05) is 10.9 Å². The van der Waals surface area contributed by atoms with Crippen LogP contribution in [-0.2, 0) is 20.4 Å². The van der Waals surface area contributed by atoms with Gasteiger partial charge in [-0.15, -0.1) is 0 Å². The van der Waals surface area contributed by atoms with Gasteiger partial charge in [0.15, 0.2) is 4.90 Å². The largest absolute Gasteiger partial charge is 0.480 e. The van der Waals surface area contributed by atoms with Crippen LogP contribution < -0.4 is 5.32 Å². The second-order valence-electron chi connectivity index (χ2n) is 4.61. The lowest BCUT2D eigenvalue weighted by molar-refractivity contribution is -0.139. The van der Waals surface area contributed by atoms with Gasteiger partial charge in [-0.05, 0) is 30.6 Å². The van der Waals surface area contributed by atoms with E-state index in [1.807, 2.05) is 36.6 Å². The molecule has 0 aliphatic carbocycles. The molecule has 22 heavy (non-hydrogen) atoms. The molecule has 5 nitrogen and oxygen atoms in total. The minimum Gasteiger partial charge on any atom is -0.480 e. The number of carboxylic acids is 1. The number of thioether (sulfide) groups is 1. The summed E-state index contributed by atoms with van der Waals surface area (Å²) in [5.74, 6) is 0.356. The number of hydrogen-bond donors (Lipinski definition) is 2. The molecule has 0 spiro atoms. The fourth-order valence-corrected chi connectivity index (χ4v) is 3.37. The number of rotatable bonds is 9. The van der Waals surface area contributed by atoms with Crippen molar-refractivity contribution >= 4 is 34.7 Å². The van der Waals surface area contributed by atoms with Gasteiger partial charge in [-0.3, -0.25) is 0 Å². The van der Waals surface area contributed by atoms with E-state index in [0.717, 1.165) is 5.75 Å². The van der Waals surface area contributed by atoms with Gasteiger partial charge in [0.05, 0.1) is 0 Å². The normalized spacial score (nSPS) is 13.2. The number of hydrogen-bond acceptors (Lipinski definition) is 4. The number of benzene rings is 1. The summed E-state index contributed by atoms with van der Waals surface area (Å²) < 4.78 is 5.08. The minimum absolute atomic E-state index is 0.000778. The van der Waals surface area contributed by atoms with Crippen molar-refractivity contribution in [3.8, 4) is 0 Å². The smallest absolute Gasteiger partial charge is 0.408 e. The van der Waals surface area contributed by atoms with Crippen molar-refractivity contribution in [2.75, 3.05) is 30.6 Å². The Balaban J connectivity index is 2.31. The lowest BCUT2D eigenvalue weighted by atomic mass is 10.2. The SMILES string of the molecule is CSCC[C@H](NC(=O)OCC[S+](C)c1ccccc1)C(=O)O. The number of carboxylic acid groups (broad SMARTS) is 1. The zero-order valence-corrected chi connectivity index (χ0v) is 14.4. The molecule has 1 rings (SSSR count). The summed E-state index contributed by atoms with van der Waals surface area (Å²) in [6, 6.07) is 9.13. The molecule has 7 heteroatoms. The average molecular weight is 344 g/mol. The molecule has 0 saturated heterocycles. The highest BCUT2D eigenvalue weighted by molar-refractivity contribution is 7.98. The molecule has 1 aromatic rings. The van der Waals surface area contributed by atoms with Crippen LogP contribution in [-0.4, -0.2) is 53.8 Å². The summed E-state index contributed by atoms with van der Waals surface area (Å²) in [5, 5.41) is 11.4. The molecule has 122 valence electrons. The predicted molar refractivity (Wildman–Crippen MR) is 91.8 cm³/mol. The summed E-state index contributed by atoms with van der Waals surface area (Å²) >= 11 is 1.54. The number of carbonyl (C=O) groups is 2. The van der Waals surface area contributed by atoms with Crippen molar-refractivity contribution in [3.05, 3.63) is 30.3 Å². The van der Waals surface area contributed by atoms with E-state index in [2.05, 4.69) is 11.6 Å². The molecule has 0 aliphatic heterocycles. The van der Waals surface area contributed by atoms with E-state index in [9.17, 15) is 9.59 Å². The van der Waals surface area contributed by atoms with Crippen molar-refractivity contribution in [1.29, 1.82) is 0 Å². The van der Waals surface area contributed by atoms with Crippen molar-refractivity contribution < 1.29 is 19.4 Å². The maximum atomic E-state index is 11.6. The van der Waals surface area contributed by atoms with Gasteiger partial charge in [-0.2, -0.15) is 11.8 Å². The highest BCUT2D eigenvalue weighted by Crippen LogP contribution is 2.10. The Bertz CT molecular complexity index is 470. The van der Waals surface area contributed by atoms with E-state index in [4.69, 9.17) is 9.84 Å². The molecule has 1 amide bonds. The van der Waals surface area contributed by atoms with E-state index in [1.54, 1.807) is 0 Å². The van der Waals surface area contributed by atoms with E-state index < -0.39 is 18.1 Å². The number of nitrogens with one attached hydrogen (secondary N) is 1. The molecule has 0 radical (unpaired) electrons. The van der Waals surface area contributed by atoms with E-state index in [1.165, 1.54) is 16.7 Å². The van der Waals surface area contributed by atoms with E-state index in [-0.39, 0.29) is 17.5 Å². The van der Waals surface area contributed by atoms with Gasteiger partial charge in [0.2, 0.25) is 0 Å². The highest BCUT2D eigenvalue weighted by Gasteiger charge is 2.21. The molecule has 0 aromatic heterocycles. The van der Waals surface area contributed by atoms with E-state index >= 15 is 0 Å². The van der Waals surface area contributed by atoms with Crippen LogP contribution in [0.4, 0.5) is 4.79 Å². The Morgan fingerprint density at radius 2 is 2.05 bits per heavy atom. The minimum atomic E-state index is -1.04. The molecule has 0 fully saturated rings. The standard InChI is InChI=1S/C15H21NO4S2/c1-21-10-8-13(14(17)18)16-15(19)20-9-11-22(2)12-6-4-3-5-7-12/h3-7,13H,8-11H2,1-2H3,(H-,16,17,18,19)/p+1/t13-,22?/m0/s1. The zero-order valence-electron chi connectivity index (χ0n) is 12.8. The quantitative estimate of drug-likeness (QED) is 0.672. The average Bonchev–Trinajstić information content (AvgIpc) is 2.51. The fraction of sp³-hybridized carbons (Fsp3) is 0.467. The zero-order chi connectivity index (χ0) is 16.4. The third-order valence-corrected chi connectivity index (χ3v) is 5.47. The molecule has 0 saturated carbocycles. The Hall–Kier alpha value is -1.34. The number of carbonyl (C=O) groups excluding carboxylic acids is 1. The number of ether oxygens (including phenoxy) is 1. The Kier molecular flexibility index (Phi) is 8.84. The summed E-state index contributed by atoms with van der Waals surface area (Å²) in [7, 11) is -0.000778. The van der Waals surface area contributed by atoms with Gasteiger partial charge >= 0.3 is 12.1 Å². The van der Waals surface area contributed by atoms with Crippen LogP contribution in [0.25, 0.3) is 0 Å². The Labute approximate surface area is 138 Å². The Morgan fingerprint density at radius 1 is 1.36 bits per heavy atom. The van der Waals surface area contributed by atoms with Gasteiger partial charge in [-0.25, -0.2) is 9.59 Å². The first-order valence-corrected chi connectivity index (χ1v) is 10.1. The van der Waals surface area contributed by atoms with Crippen LogP contribution in [0.3, 0.4) is 0 Å². The van der Waals surface area contributed by atoms with Crippen LogP contribution in [0.15, 0.2) is 35.2 Å². The molecular formula is C15H22NO4S2+. The fourth-order valence-electron chi connectivity index (χ4n) is 1.71. The van der Waals surface area contributed by atoms with Crippen LogP contribution in [0.1, 0.15) is 6.42 Å². The third-order valence-electron chi connectivity index (χ3n) is 2.97. The second-order valence-corrected chi connectivity index (χ2v) is 7.75. The summed E-state index contributed by atoms with van der Waals surface area (Å²) in [6.45, 7) is 0.273. The lowest BCUT2D eigenvalue weighted by Gasteiger charge is -2.13. The summed E-state index contributed by atoms with van der Waals surface area (Å²) in [5.41, 5.74) is 0. The molecular weight excluding hydrogens is 322 g/mol. The van der Waals surface area contributed by atoms with Gasteiger partial charge < -0.3 is 15.2 Å². The maximum absolute atomic E-state index is 11.6. The molecule has 0 heterocycles. The molecule has 2 atom stereocenters. The molecule has 1 aromatic carbocycles. The second kappa shape index (κ2) is 10.4. The van der Waals surface area contributed by atoms with Crippen LogP contribution in [0, 0.1) is 0 Å².